The fourth-order valence-electron chi connectivity index (χ4n) is 2.48. The summed E-state index contributed by atoms with van der Waals surface area (Å²) in [6.45, 7) is 6.74. The van der Waals surface area contributed by atoms with Crippen LogP contribution >= 0.6 is 11.6 Å². The van der Waals surface area contributed by atoms with Gasteiger partial charge in [0.15, 0.2) is 0 Å². The normalized spacial score (nSPS) is 21.7. The molecule has 5 nitrogen and oxygen atoms in total. The van der Waals surface area contributed by atoms with Crippen molar-refractivity contribution in [3.63, 3.8) is 0 Å². The predicted octanol–water partition coefficient (Wildman–Crippen LogP) is 2.95. The number of rotatable bonds is 3. The molecule has 0 radical (unpaired) electrons. The summed E-state index contributed by atoms with van der Waals surface area (Å²) >= 11 is 6.05. The number of β-amino-alcohol motifs (C(OH)–C–C–N with tert-alkyl or cyclic N) is 1. The molecule has 2 rings (SSSR count). The van der Waals surface area contributed by atoms with Crippen molar-refractivity contribution in [1.82, 2.24) is 5.32 Å². The van der Waals surface area contributed by atoms with E-state index in [2.05, 4.69) is 10.6 Å². The SMILES string of the molecule is CC(C)(C)OC(=O)Nc1ccc(Cl)cc1CC1(O)CCNC1. The average molecular weight is 327 g/mol. The molecule has 0 bridgehead atoms. The van der Waals surface area contributed by atoms with Gasteiger partial charge in [-0.3, -0.25) is 5.32 Å². The van der Waals surface area contributed by atoms with Crippen LogP contribution in [-0.2, 0) is 11.2 Å². The Kier molecular flexibility index (Phi) is 5.00. The second-order valence-corrected chi connectivity index (χ2v) is 7.19. The highest BCUT2D eigenvalue weighted by Crippen LogP contribution is 2.28. The third-order valence-corrected chi connectivity index (χ3v) is 3.68. The summed E-state index contributed by atoms with van der Waals surface area (Å²) in [4.78, 5) is 11.9. The Bertz CT molecular complexity index is 549. The number of hydrogen-bond acceptors (Lipinski definition) is 4. The number of benzene rings is 1. The predicted molar refractivity (Wildman–Crippen MR) is 87.4 cm³/mol. The molecule has 1 fully saturated rings. The van der Waals surface area contributed by atoms with Crippen LogP contribution in [0, 0.1) is 0 Å². The third-order valence-electron chi connectivity index (χ3n) is 3.44. The van der Waals surface area contributed by atoms with Gasteiger partial charge in [0.25, 0.3) is 0 Å². The number of aliphatic hydroxyl groups is 1. The van der Waals surface area contributed by atoms with Crippen LogP contribution in [0.25, 0.3) is 0 Å². The zero-order valence-corrected chi connectivity index (χ0v) is 14.0. The van der Waals surface area contributed by atoms with Gasteiger partial charge in [0.2, 0.25) is 0 Å². The summed E-state index contributed by atoms with van der Waals surface area (Å²) < 4.78 is 5.26. The number of amides is 1. The van der Waals surface area contributed by atoms with Gasteiger partial charge in [0, 0.05) is 23.7 Å². The lowest BCUT2D eigenvalue weighted by atomic mass is 9.93. The molecule has 1 aromatic rings. The molecule has 1 aromatic carbocycles. The lowest BCUT2D eigenvalue weighted by molar-refractivity contribution is 0.0604. The van der Waals surface area contributed by atoms with Crippen molar-refractivity contribution in [1.29, 1.82) is 0 Å². The molecule has 0 saturated carbocycles. The van der Waals surface area contributed by atoms with Gasteiger partial charge in [0.05, 0.1) is 5.60 Å². The Morgan fingerprint density at radius 1 is 1.50 bits per heavy atom. The van der Waals surface area contributed by atoms with E-state index in [0.29, 0.717) is 30.1 Å². The highest BCUT2D eigenvalue weighted by atomic mass is 35.5. The molecule has 22 heavy (non-hydrogen) atoms. The highest BCUT2D eigenvalue weighted by molar-refractivity contribution is 6.30. The molecule has 1 aliphatic heterocycles. The molecule has 0 aliphatic carbocycles. The van der Waals surface area contributed by atoms with Crippen LogP contribution in [0.1, 0.15) is 32.8 Å². The Labute approximate surface area is 136 Å². The van der Waals surface area contributed by atoms with E-state index in [-0.39, 0.29) is 0 Å². The summed E-state index contributed by atoms with van der Waals surface area (Å²) in [5, 5.41) is 17.0. The number of carbonyl (C=O) groups is 1. The van der Waals surface area contributed by atoms with E-state index in [0.717, 1.165) is 12.1 Å². The van der Waals surface area contributed by atoms with E-state index < -0.39 is 17.3 Å². The molecule has 6 heteroatoms. The van der Waals surface area contributed by atoms with Gasteiger partial charge >= 0.3 is 6.09 Å². The maximum Gasteiger partial charge on any atom is 0.412 e. The third kappa shape index (κ3) is 4.87. The lowest BCUT2D eigenvalue weighted by Gasteiger charge is -2.24. The molecule has 1 unspecified atom stereocenters. The van der Waals surface area contributed by atoms with Crippen molar-refractivity contribution in [3.05, 3.63) is 28.8 Å². The Morgan fingerprint density at radius 2 is 2.23 bits per heavy atom. The number of carbonyl (C=O) groups excluding carboxylic acids is 1. The largest absolute Gasteiger partial charge is 0.444 e. The maximum absolute atomic E-state index is 11.9. The van der Waals surface area contributed by atoms with Crippen LogP contribution in [0.15, 0.2) is 18.2 Å². The van der Waals surface area contributed by atoms with Crippen LogP contribution in [0.2, 0.25) is 5.02 Å². The number of nitrogens with one attached hydrogen (secondary N) is 2. The van der Waals surface area contributed by atoms with Crippen molar-refractivity contribution < 1.29 is 14.6 Å². The molecule has 3 N–H and O–H groups in total. The number of halogens is 1. The standard InChI is InChI=1S/C16H23ClN2O3/c1-15(2,3)22-14(20)19-13-5-4-12(17)8-11(13)9-16(21)6-7-18-10-16/h4-5,8,18,21H,6-7,9-10H2,1-3H3,(H,19,20). The Balaban J connectivity index is 2.15. The lowest BCUT2D eigenvalue weighted by Crippen LogP contribution is -2.34. The molecule has 122 valence electrons. The maximum atomic E-state index is 11.9. The van der Waals surface area contributed by atoms with Gasteiger partial charge in [-0.2, -0.15) is 0 Å². The first kappa shape index (κ1) is 17.1. The van der Waals surface area contributed by atoms with Gasteiger partial charge in [-0.25, -0.2) is 4.79 Å². The second kappa shape index (κ2) is 6.44. The van der Waals surface area contributed by atoms with E-state index >= 15 is 0 Å². The second-order valence-electron chi connectivity index (χ2n) is 6.76. The van der Waals surface area contributed by atoms with Gasteiger partial charge in [0.1, 0.15) is 5.60 Å². The molecular formula is C16H23ClN2O3. The van der Waals surface area contributed by atoms with Crippen molar-refractivity contribution in [2.45, 2.75) is 44.8 Å². The zero-order valence-electron chi connectivity index (χ0n) is 13.2. The average Bonchev–Trinajstić information content (AvgIpc) is 2.77. The van der Waals surface area contributed by atoms with Gasteiger partial charge in [-0.15, -0.1) is 0 Å². The summed E-state index contributed by atoms with van der Waals surface area (Å²) in [6, 6.07) is 5.20. The number of anilines is 1. The van der Waals surface area contributed by atoms with Crippen molar-refractivity contribution >= 4 is 23.4 Å². The van der Waals surface area contributed by atoms with Crippen LogP contribution in [0.5, 0.6) is 0 Å². The summed E-state index contributed by atoms with van der Waals surface area (Å²) in [7, 11) is 0. The Morgan fingerprint density at radius 3 is 2.82 bits per heavy atom. The van der Waals surface area contributed by atoms with Crippen molar-refractivity contribution in [2.75, 3.05) is 18.4 Å². The van der Waals surface area contributed by atoms with Crippen LogP contribution in [0.3, 0.4) is 0 Å². The first-order valence-corrected chi connectivity index (χ1v) is 7.76. The molecule has 0 spiro atoms. The van der Waals surface area contributed by atoms with Gasteiger partial charge in [-0.05, 0) is 57.5 Å². The first-order valence-electron chi connectivity index (χ1n) is 7.38. The van der Waals surface area contributed by atoms with E-state index in [4.69, 9.17) is 16.3 Å². The molecule has 1 atom stereocenters. The van der Waals surface area contributed by atoms with Gasteiger partial charge < -0.3 is 15.2 Å². The molecule has 0 aromatic heterocycles. The fourth-order valence-corrected chi connectivity index (χ4v) is 2.67. The minimum Gasteiger partial charge on any atom is -0.444 e. The minimum atomic E-state index is -0.810. The zero-order chi connectivity index (χ0) is 16.4. The highest BCUT2D eigenvalue weighted by Gasteiger charge is 2.32. The smallest absolute Gasteiger partial charge is 0.412 e. The molecule has 1 aliphatic rings. The molecule has 1 saturated heterocycles. The quantitative estimate of drug-likeness (QED) is 0.798. The molecular weight excluding hydrogens is 304 g/mol. The van der Waals surface area contributed by atoms with E-state index in [9.17, 15) is 9.90 Å². The van der Waals surface area contributed by atoms with Crippen molar-refractivity contribution in [3.8, 4) is 0 Å². The summed E-state index contributed by atoms with van der Waals surface area (Å²) in [5.41, 5.74) is 0.0303. The van der Waals surface area contributed by atoms with Crippen molar-refractivity contribution in [2.24, 2.45) is 0 Å². The Hall–Kier alpha value is -1.30. The van der Waals surface area contributed by atoms with E-state index in [1.54, 1.807) is 18.2 Å². The van der Waals surface area contributed by atoms with Crippen LogP contribution < -0.4 is 10.6 Å². The monoisotopic (exact) mass is 326 g/mol. The molecule has 1 amide bonds. The van der Waals surface area contributed by atoms with Gasteiger partial charge in [-0.1, -0.05) is 11.6 Å². The molecule has 1 heterocycles. The van der Waals surface area contributed by atoms with E-state index in [1.165, 1.54) is 0 Å². The van der Waals surface area contributed by atoms with Crippen LogP contribution in [0.4, 0.5) is 10.5 Å². The fraction of sp³-hybridized carbons (Fsp3) is 0.562. The summed E-state index contributed by atoms with van der Waals surface area (Å²) in [5.74, 6) is 0. The minimum absolute atomic E-state index is 0.422. The number of ether oxygens (including phenoxy) is 1. The van der Waals surface area contributed by atoms with E-state index in [1.807, 2.05) is 20.8 Å². The summed E-state index contributed by atoms with van der Waals surface area (Å²) in [6.07, 6.45) is 0.574. The topological polar surface area (TPSA) is 70.6 Å². The first-order chi connectivity index (χ1) is 10.2. The number of hydrogen-bond donors (Lipinski definition) is 3. The van der Waals surface area contributed by atoms with Crippen LogP contribution in [-0.4, -0.2) is 35.5 Å².